The van der Waals surface area contributed by atoms with E-state index in [9.17, 15) is 23.1 Å². The number of hydrogen-bond acceptors (Lipinski definition) is 10. The number of nitrogens with one attached hydrogen (secondary N) is 1. The fraction of sp³-hybridized carbons (Fsp3) is 0.194. The van der Waals surface area contributed by atoms with Gasteiger partial charge in [0, 0.05) is 11.9 Å². The average Bonchev–Trinajstić information content (AvgIpc) is 3.00. The molecule has 5 N–H and O–H groups in total. The molecular weight excluding hydrogens is 570 g/mol. The van der Waals surface area contributed by atoms with Crippen LogP contribution in [0.25, 0.3) is 0 Å². The van der Waals surface area contributed by atoms with Crippen molar-refractivity contribution < 1.29 is 28.2 Å². The first-order valence-electron chi connectivity index (χ1n) is 13.4. The van der Waals surface area contributed by atoms with Gasteiger partial charge in [-0.3, -0.25) is 14.3 Å². The Bertz CT molecular complexity index is 1620. The molecule has 0 aliphatic rings. The van der Waals surface area contributed by atoms with Gasteiger partial charge in [-0.25, -0.2) is 13.4 Å². The lowest BCUT2D eigenvalue weighted by Crippen LogP contribution is -2.13. The minimum Gasteiger partial charge on any atom is -0.507 e. The van der Waals surface area contributed by atoms with Crippen molar-refractivity contribution >= 4 is 44.5 Å². The first-order valence-corrected chi connectivity index (χ1v) is 14.8. The van der Waals surface area contributed by atoms with Gasteiger partial charge in [0.1, 0.15) is 17.3 Å². The first-order chi connectivity index (χ1) is 20.5. The van der Waals surface area contributed by atoms with Crippen molar-refractivity contribution in [1.29, 1.82) is 0 Å². The molecule has 12 heteroatoms. The van der Waals surface area contributed by atoms with E-state index in [1.54, 1.807) is 24.3 Å². The third-order valence-electron chi connectivity index (χ3n) is 5.09. The molecular formula is C31H37N5O6S. The van der Waals surface area contributed by atoms with Gasteiger partial charge in [-0.2, -0.15) is 10.2 Å². The predicted molar refractivity (Wildman–Crippen MR) is 169 cm³/mol. The fourth-order valence-corrected chi connectivity index (χ4v) is 4.14. The molecule has 228 valence electrons. The van der Waals surface area contributed by atoms with Gasteiger partial charge in [0.05, 0.1) is 27.4 Å². The molecule has 43 heavy (non-hydrogen) atoms. The number of anilines is 2. The molecule has 3 aromatic carbocycles. The lowest BCUT2D eigenvalue weighted by molar-refractivity contribution is 0.100. The fourth-order valence-electron chi connectivity index (χ4n) is 3.13. The smallest absolute Gasteiger partial charge is 0.263 e. The van der Waals surface area contributed by atoms with Crippen LogP contribution in [-0.2, 0) is 10.0 Å². The third kappa shape index (κ3) is 11.4. The highest BCUT2D eigenvalue weighted by Crippen LogP contribution is 2.26. The number of rotatable bonds is 7. The number of Topliss-reactive ketones (excluding diaryl/α,β-unsaturated/α-hetero) is 2. The van der Waals surface area contributed by atoms with Crippen LogP contribution >= 0.6 is 0 Å². The number of nitrogens with zero attached hydrogens (tertiary/aromatic N) is 3. The van der Waals surface area contributed by atoms with Crippen molar-refractivity contribution in [1.82, 2.24) is 4.98 Å². The molecule has 0 amide bonds. The van der Waals surface area contributed by atoms with Crippen LogP contribution in [0.4, 0.5) is 22.9 Å². The van der Waals surface area contributed by atoms with Gasteiger partial charge in [-0.15, -0.1) is 0 Å². The summed E-state index contributed by atoms with van der Waals surface area (Å²) >= 11 is 0. The Morgan fingerprint density at radius 2 is 1.26 bits per heavy atom. The van der Waals surface area contributed by atoms with Crippen molar-refractivity contribution in [2.24, 2.45) is 10.2 Å². The van der Waals surface area contributed by atoms with Crippen molar-refractivity contribution in [2.45, 2.75) is 46.4 Å². The van der Waals surface area contributed by atoms with Crippen molar-refractivity contribution in [3.63, 3.8) is 0 Å². The van der Waals surface area contributed by atoms with Crippen LogP contribution in [0.5, 0.6) is 11.5 Å². The normalized spacial score (nSPS) is 10.2. The number of aromatic hydroxyl groups is 2. The monoisotopic (exact) mass is 607 g/mol. The molecule has 0 aliphatic carbocycles. The summed E-state index contributed by atoms with van der Waals surface area (Å²) in [5.74, 6) is -0.396. The number of phenols is 2. The van der Waals surface area contributed by atoms with E-state index >= 15 is 0 Å². The highest BCUT2D eigenvalue weighted by atomic mass is 32.2. The Hall–Kier alpha value is -5.10. The van der Waals surface area contributed by atoms with Gasteiger partial charge in [-0.05, 0) is 86.6 Å². The molecule has 0 bridgehead atoms. The van der Waals surface area contributed by atoms with Crippen LogP contribution in [0.3, 0.4) is 0 Å². The number of sulfonamides is 1. The van der Waals surface area contributed by atoms with E-state index < -0.39 is 10.0 Å². The van der Waals surface area contributed by atoms with Gasteiger partial charge >= 0.3 is 0 Å². The molecule has 0 radical (unpaired) electrons. The first kappa shape index (κ1) is 35.9. The third-order valence-corrected chi connectivity index (χ3v) is 6.46. The SMILES string of the molecule is CC.CC.CC(=O)c1cc(N)ccc1O.CC(=O)c1cc(N=Nc2ccc(S(=O)(=O)Nc3ccccn3)cc2)ccc1O. The highest BCUT2D eigenvalue weighted by Gasteiger charge is 2.14. The van der Waals surface area contributed by atoms with Crippen LogP contribution < -0.4 is 10.5 Å². The minimum atomic E-state index is -3.77. The van der Waals surface area contributed by atoms with Gasteiger partial charge in [-0.1, -0.05) is 33.8 Å². The largest absolute Gasteiger partial charge is 0.507 e. The van der Waals surface area contributed by atoms with Crippen LogP contribution in [0.15, 0.2) is 100 Å². The Morgan fingerprint density at radius 3 is 1.77 bits per heavy atom. The summed E-state index contributed by atoms with van der Waals surface area (Å²) in [6.45, 7) is 10.7. The van der Waals surface area contributed by atoms with E-state index in [1.807, 2.05) is 27.7 Å². The van der Waals surface area contributed by atoms with E-state index in [-0.39, 0.29) is 44.9 Å². The molecule has 0 fully saturated rings. The lowest BCUT2D eigenvalue weighted by Gasteiger charge is -2.07. The molecule has 1 aromatic heterocycles. The van der Waals surface area contributed by atoms with Crippen LogP contribution in [0, 0.1) is 0 Å². The number of carbonyl (C=O) groups is 2. The zero-order chi connectivity index (χ0) is 32.6. The molecule has 0 saturated heterocycles. The van der Waals surface area contributed by atoms with Crippen LogP contribution in [-0.4, -0.2) is 35.2 Å². The Balaban J connectivity index is 0.000000514. The van der Waals surface area contributed by atoms with Crippen molar-refractivity contribution in [3.05, 3.63) is 96.2 Å². The van der Waals surface area contributed by atoms with Crippen LogP contribution in [0.1, 0.15) is 62.3 Å². The zero-order valence-corrected chi connectivity index (χ0v) is 25.8. The predicted octanol–water partition coefficient (Wildman–Crippen LogP) is 7.44. The number of phenolic OH excluding ortho intramolecular Hbond substituents is 2. The molecule has 1 heterocycles. The van der Waals surface area contributed by atoms with E-state index in [1.165, 1.54) is 74.6 Å². The van der Waals surface area contributed by atoms with Gasteiger partial charge in [0.15, 0.2) is 11.6 Å². The number of nitrogen functional groups attached to an aromatic ring is 1. The number of aromatic nitrogens is 1. The molecule has 0 spiro atoms. The summed E-state index contributed by atoms with van der Waals surface area (Å²) in [6, 6.07) is 19.4. The van der Waals surface area contributed by atoms with Crippen LogP contribution in [0.2, 0.25) is 0 Å². The Labute approximate surface area is 252 Å². The zero-order valence-electron chi connectivity index (χ0n) is 24.9. The minimum absolute atomic E-state index is 0.0216. The van der Waals surface area contributed by atoms with Gasteiger partial charge in [0.25, 0.3) is 10.0 Å². The summed E-state index contributed by atoms with van der Waals surface area (Å²) in [5, 5.41) is 26.8. The van der Waals surface area contributed by atoms with E-state index in [4.69, 9.17) is 10.8 Å². The maximum absolute atomic E-state index is 12.4. The van der Waals surface area contributed by atoms with Crippen molar-refractivity contribution in [3.8, 4) is 11.5 Å². The summed E-state index contributed by atoms with van der Waals surface area (Å²) < 4.78 is 27.1. The van der Waals surface area contributed by atoms with E-state index in [2.05, 4.69) is 19.9 Å². The summed E-state index contributed by atoms with van der Waals surface area (Å²) in [4.78, 5) is 26.2. The number of azo groups is 1. The molecule has 0 aliphatic heterocycles. The number of nitrogens with two attached hydrogens (primary N) is 1. The number of pyridine rings is 1. The Kier molecular flexibility index (Phi) is 14.8. The molecule has 11 nitrogen and oxygen atoms in total. The number of ketones is 2. The quantitative estimate of drug-likeness (QED) is 0.0722. The number of benzene rings is 3. The Morgan fingerprint density at radius 1 is 0.744 bits per heavy atom. The number of carbonyl (C=O) groups excluding carboxylic acids is 2. The second kappa shape index (κ2) is 17.7. The summed E-state index contributed by atoms with van der Waals surface area (Å²) in [6.07, 6.45) is 1.49. The standard InChI is InChI=1S/C19H16N4O4S.C8H9NO2.2C2H6/c1-13(24)17-12-15(7-10-18(17)25)22-21-14-5-8-16(9-6-14)28(26,27)23-19-4-2-3-11-20-19;1-5(10)7-4-6(9)2-3-8(7)11;2*1-2/h2-12,25H,1H3,(H,20,23);2-4,11H,9H2,1H3;2*1-2H3. The van der Waals surface area contributed by atoms with Gasteiger partial charge < -0.3 is 15.9 Å². The summed E-state index contributed by atoms with van der Waals surface area (Å²) in [7, 11) is -3.77. The molecule has 0 saturated carbocycles. The molecule has 4 rings (SSSR count). The molecule has 0 unspecified atom stereocenters. The second-order valence-electron chi connectivity index (χ2n) is 8.10. The maximum atomic E-state index is 12.4. The molecule has 0 atom stereocenters. The second-order valence-corrected chi connectivity index (χ2v) is 9.79. The number of hydrogen-bond donors (Lipinski definition) is 4. The summed E-state index contributed by atoms with van der Waals surface area (Å²) in [5.41, 5.74) is 7.11. The average molecular weight is 608 g/mol. The topological polar surface area (TPSA) is 184 Å². The van der Waals surface area contributed by atoms with Gasteiger partial charge in [0.2, 0.25) is 0 Å². The maximum Gasteiger partial charge on any atom is 0.263 e. The van der Waals surface area contributed by atoms with E-state index in [0.29, 0.717) is 17.1 Å². The highest BCUT2D eigenvalue weighted by molar-refractivity contribution is 7.92. The van der Waals surface area contributed by atoms with Crippen molar-refractivity contribution in [2.75, 3.05) is 10.5 Å². The molecule has 4 aromatic rings. The lowest BCUT2D eigenvalue weighted by atomic mass is 10.1. The van der Waals surface area contributed by atoms with E-state index in [0.717, 1.165) is 0 Å².